The van der Waals surface area contributed by atoms with Crippen LogP contribution in [0.2, 0.25) is 0 Å². The summed E-state index contributed by atoms with van der Waals surface area (Å²) in [6.07, 6.45) is 0. The van der Waals surface area contributed by atoms with Crippen molar-refractivity contribution >= 4 is 39.9 Å². The molecule has 0 unspecified atom stereocenters. The van der Waals surface area contributed by atoms with Gasteiger partial charge in [-0.2, -0.15) is 0 Å². The maximum absolute atomic E-state index is 11.3. The molecule has 20 heavy (non-hydrogen) atoms. The van der Waals surface area contributed by atoms with Crippen molar-refractivity contribution < 1.29 is 9.53 Å². The Morgan fingerprint density at radius 3 is 2.80 bits per heavy atom. The number of benzene rings is 1. The first kappa shape index (κ1) is 14.2. The average molecular weight is 289 g/mol. The molecule has 0 spiro atoms. The highest BCUT2D eigenvalue weighted by molar-refractivity contribution is 7.80. The van der Waals surface area contributed by atoms with Gasteiger partial charge in [-0.05, 0) is 12.1 Å². The molecule has 5 nitrogen and oxygen atoms in total. The van der Waals surface area contributed by atoms with Crippen molar-refractivity contribution in [3.63, 3.8) is 0 Å². The molecule has 1 aromatic carbocycles. The Kier molecular flexibility index (Phi) is 4.14. The summed E-state index contributed by atoms with van der Waals surface area (Å²) in [4.78, 5) is 17.8. The summed E-state index contributed by atoms with van der Waals surface area (Å²) < 4.78 is 4.65. The van der Waals surface area contributed by atoms with Gasteiger partial charge in [0.25, 0.3) is 0 Å². The number of aromatic nitrogens is 1. The third kappa shape index (κ3) is 2.85. The molecule has 0 aliphatic rings. The molecule has 1 heterocycles. The lowest BCUT2D eigenvalue weighted by atomic mass is 10.1. The van der Waals surface area contributed by atoms with Crippen LogP contribution in [0.1, 0.15) is 5.56 Å². The first-order valence-corrected chi connectivity index (χ1v) is 6.41. The summed E-state index contributed by atoms with van der Waals surface area (Å²) in [5, 5.41) is 0.898. The quantitative estimate of drug-likeness (QED) is 0.679. The second-order valence-electron chi connectivity index (χ2n) is 4.34. The van der Waals surface area contributed by atoms with E-state index in [0.29, 0.717) is 10.8 Å². The minimum atomic E-state index is -0.334. The second kappa shape index (κ2) is 5.83. The van der Waals surface area contributed by atoms with Crippen molar-refractivity contribution in [2.24, 2.45) is 5.73 Å². The van der Waals surface area contributed by atoms with Gasteiger partial charge in [0.05, 0.1) is 12.6 Å². The molecular formula is C14H15N3O2S. The Labute approximate surface area is 122 Å². The normalized spacial score (nSPS) is 10.3. The molecule has 2 aromatic rings. The number of hydrogen-bond acceptors (Lipinski definition) is 5. The predicted molar refractivity (Wildman–Crippen MR) is 82.9 cm³/mol. The fraction of sp³-hybridized carbons (Fsp3) is 0.214. The second-order valence-corrected chi connectivity index (χ2v) is 4.78. The van der Waals surface area contributed by atoms with Gasteiger partial charge >= 0.3 is 5.97 Å². The summed E-state index contributed by atoms with van der Waals surface area (Å²) in [6.45, 7) is 0.110. The van der Waals surface area contributed by atoms with Crippen LogP contribution in [0, 0.1) is 0 Å². The Hall–Kier alpha value is -2.21. The van der Waals surface area contributed by atoms with Crippen LogP contribution in [-0.4, -0.2) is 36.6 Å². The van der Waals surface area contributed by atoms with E-state index in [1.165, 1.54) is 7.11 Å². The monoisotopic (exact) mass is 289 g/mol. The number of nitrogens with two attached hydrogens (primary N) is 1. The molecule has 0 amide bonds. The molecular weight excluding hydrogens is 274 g/mol. The number of rotatable bonds is 4. The number of fused-ring (bicyclic) bond motifs is 1. The van der Waals surface area contributed by atoms with E-state index in [4.69, 9.17) is 18.0 Å². The molecule has 104 valence electrons. The maximum Gasteiger partial charge on any atom is 0.325 e. The average Bonchev–Trinajstić information content (AvgIpc) is 2.45. The van der Waals surface area contributed by atoms with E-state index in [2.05, 4.69) is 9.72 Å². The van der Waals surface area contributed by atoms with Crippen molar-refractivity contribution in [2.45, 2.75) is 0 Å². The number of likely N-dealkylation sites (N-methyl/N-ethyl adjacent to an activating group) is 1. The Morgan fingerprint density at radius 2 is 2.15 bits per heavy atom. The number of thiocarbonyl (C=S) groups is 1. The predicted octanol–water partition coefficient (Wildman–Crippen LogP) is 1.48. The van der Waals surface area contributed by atoms with Crippen molar-refractivity contribution in [3.8, 4) is 0 Å². The van der Waals surface area contributed by atoms with Crippen LogP contribution in [0.4, 0.5) is 5.82 Å². The van der Waals surface area contributed by atoms with Gasteiger partial charge in [-0.3, -0.25) is 4.79 Å². The summed E-state index contributed by atoms with van der Waals surface area (Å²) in [5.74, 6) is 0.288. The van der Waals surface area contributed by atoms with Crippen LogP contribution >= 0.6 is 12.2 Å². The molecule has 2 rings (SSSR count). The van der Waals surface area contributed by atoms with Gasteiger partial charge < -0.3 is 15.4 Å². The highest BCUT2D eigenvalue weighted by Crippen LogP contribution is 2.22. The van der Waals surface area contributed by atoms with Crippen molar-refractivity contribution in [1.82, 2.24) is 4.98 Å². The third-order valence-electron chi connectivity index (χ3n) is 2.95. The fourth-order valence-electron chi connectivity index (χ4n) is 1.90. The van der Waals surface area contributed by atoms with Crippen LogP contribution in [0.3, 0.4) is 0 Å². The number of methoxy groups -OCH3 is 1. The molecule has 0 aliphatic carbocycles. The molecule has 2 N–H and O–H groups in total. The van der Waals surface area contributed by atoms with E-state index in [9.17, 15) is 4.79 Å². The Morgan fingerprint density at radius 1 is 1.45 bits per heavy atom. The first-order valence-electron chi connectivity index (χ1n) is 6.00. The number of nitrogens with zero attached hydrogens (tertiary/aromatic N) is 2. The lowest BCUT2D eigenvalue weighted by Crippen LogP contribution is -2.27. The first-order chi connectivity index (χ1) is 9.52. The molecule has 1 aromatic heterocycles. The summed E-state index contributed by atoms with van der Waals surface area (Å²) in [5.41, 5.74) is 7.30. The van der Waals surface area contributed by atoms with Gasteiger partial charge in [-0.1, -0.05) is 30.4 Å². The number of hydrogen-bond donors (Lipinski definition) is 1. The maximum atomic E-state index is 11.3. The number of anilines is 1. The van der Waals surface area contributed by atoms with Crippen LogP contribution < -0.4 is 10.6 Å². The van der Waals surface area contributed by atoms with E-state index in [-0.39, 0.29) is 12.5 Å². The van der Waals surface area contributed by atoms with Crippen molar-refractivity contribution in [1.29, 1.82) is 0 Å². The van der Waals surface area contributed by atoms with Gasteiger partial charge in [-0.25, -0.2) is 4.98 Å². The van der Waals surface area contributed by atoms with Crippen LogP contribution in [0.5, 0.6) is 0 Å². The largest absolute Gasteiger partial charge is 0.468 e. The van der Waals surface area contributed by atoms with Gasteiger partial charge in [0.15, 0.2) is 0 Å². The van der Waals surface area contributed by atoms with Gasteiger partial charge in [-0.15, -0.1) is 0 Å². The zero-order chi connectivity index (χ0) is 14.7. The van der Waals surface area contributed by atoms with Crippen LogP contribution in [0.25, 0.3) is 10.9 Å². The molecule has 0 radical (unpaired) electrons. The van der Waals surface area contributed by atoms with Crippen LogP contribution in [0.15, 0.2) is 30.3 Å². The topological polar surface area (TPSA) is 68.5 Å². The zero-order valence-corrected chi connectivity index (χ0v) is 12.1. The number of carbonyl (C=O) groups excluding carboxylic acids is 1. The SMILES string of the molecule is COC(=O)CN(C)c1cc(C(N)=S)c2ccccc2n1. The summed E-state index contributed by atoms with van der Waals surface area (Å²) >= 11 is 5.09. The minimum Gasteiger partial charge on any atom is -0.468 e. The number of pyridine rings is 1. The number of esters is 1. The van der Waals surface area contributed by atoms with Crippen molar-refractivity contribution in [3.05, 3.63) is 35.9 Å². The molecule has 0 atom stereocenters. The van der Waals surface area contributed by atoms with Gasteiger partial charge in [0.2, 0.25) is 0 Å². The molecule has 0 saturated heterocycles. The molecule has 0 aliphatic heterocycles. The lowest BCUT2D eigenvalue weighted by Gasteiger charge is -2.18. The highest BCUT2D eigenvalue weighted by Gasteiger charge is 2.13. The molecule has 0 saturated carbocycles. The molecule has 0 bridgehead atoms. The molecule has 0 fully saturated rings. The molecule has 6 heteroatoms. The standard InChI is InChI=1S/C14H15N3O2S/c1-17(8-13(18)19-2)12-7-10(14(15)20)9-5-3-4-6-11(9)16-12/h3-7H,8H2,1-2H3,(H2,15,20). The Balaban J connectivity index is 2.49. The smallest absolute Gasteiger partial charge is 0.325 e. The zero-order valence-electron chi connectivity index (χ0n) is 11.3. The number of ether oxygens (including phenoxy) is 1. The van der Waals surface area contributed by atoms with E-state index in [1.54, 1.807) is 18.0 Å². The lowest BCUT2D eigenvalue weighted by molar-refractivity contribution is -0.138. The van der Waals surface area contributed by atoms with Crippen LogP contribution in [-0.2, 0) is 9.53 Å². The van der Waals surface area contributed by atoms with E-state index < -0.39 is 0 Å². The summed E-state index contributed by atoms with van der Waals surface area (Å²) in [6, 6.07) is 9.38. The van der Waals surface area contributed by atoms with Crippen molar-refractivity contribution in [2.75, 3.05) is 25.6 Å². The fourth-order valence-corrected chi connectivity index (χ4v) is 2.07. The van der Waals surface area contributed by atoms with Gasteiger partial charge in [0, 0.05) is 18.0 Å². The highest BCUT2D eigenvalue weighted by atomic mass is 32.1. The van der Waals surface area contributed by atoms with E-state index in [1.807, 2.05) is 24.3 Å². The van der Waals surface area contributed by atoms with E-state index in [0.717, 1.165) is 16.5 Å². The number of para-hydroxylation sites is 1. The third-order valence-corrected chi connectivity index (χ3v) is 3.17. The Bertz CT molecular complexity index is 673. The van der Waals surface area contributed by atoms with Gasteiger partial charge in [0.1, 0.15) is 17.4 Å². The van der Waals surface area contributed by atoms with E-state index >= 15 is 0 Å². The minimum absolute atomic E-state index is 0.110. The summed E-state index contributed by atoms with van der Waals surface area (Å²) in [7, 11) is 3.11. The number of carbonyl (C=O) groups is 1.